The minimum absolute atomic E-state index is 0.0602. The van der Waals surface area contributed by atoms with E-state index in [2.05, 4.69) is 20.7 Å². The van der Waals surface area contributed by atoms with E-state index < -0.39 is 12.0 Å². The highest BCUT2D eigenvalue weighted by Gasteiger charge is 2.35. The number of nitrogens with one attached hydrogen (secondary N) is 2. The fraction of sp³-hybridized carbons (Fsp3) is 0.600. The molecule has 9 heteroatoms. The monoisotopic (exact) mass is 293 g/mol. The molecule has 0 atom stereocenters. The molecule has 1 fully saturated rings. The quantitative estimate of drug-likeness (QED) is 0.585. The van der Waals surface area contributed by atoms with Crippen molar-refractivity contribution in [3.8, 4) is 0 Å². The molecule has 0 unspecified atom stereocenters. The molecular formula is C10H14F3N5S. The largest absolute Gasteiger partial charge is 0.451 e. The summed E-state index contributed by atoms with van der Waals surface area (Å²) in [4.78, 5) is 6.80. The molecule has 5 nitrogen and oxygen atoms in total. The second-order valence-electron chi connectivity index (χ2n) is 4.14. The molecule has 0 radical (unpaired) electrons. The average Bonchev–Trinajstić information content (AvgIpc) is 2.38. The van der Waals surface area contributed by atoms with Crippen LogP contribution >= 0.6 is 11.8 Å². The van der Waals surface area contributed by atoms with Crippen LogP contribution in [0.5, 0.6) is 0 Å². The number of anilines is 2. The van der Waals surface area contributed by atoms with E-state index in [1.807, 2.05) is 11.8 Å². The standard InChI is InChI=1S/C10H14F3N5S/c11-10(12,13)9-16-7(5-8(17-9)18-14)15-6-1-3-19-4-2-6/h5-6H,1-4,14H2,(H2,15,16,17,18). The Balaban J connectivity index is 2.19. The van der Waals surface area contributed by atoms with E-state index >= 15 is 0 Å². The maximum absolute atomic E-state index is 12.6. The number of nitrogen functional groups attached to an aromatic ring is 1. The number of nitrogens with zero attached hydrogens (tertiary/aromatic N) is 2. The van der Waals surface area contributed by atoms with Gasteiger partial charge in [0.15, 0.2) is 0 Å². The van der Waals surface area contributed by atoms with Crippen LogP contribution in [0.2, 0.25) is 0 Å². The molecule has 2 rings (SSSR count). The molecule has 0 bridgehead atoms. The Bertz CT molecular complexity index is 434. The van der Waals surface area contributed by atoms with E-state index in [1.165, 1.54) is 6.07 Å². The third kappa shape index (κ3) is 3.87. The normalized spacial score (nSPS) is 17.3. The van der Waals surface area contributed by atoms with E-state index in [0.29, 0.717) is 0 Å². The van der Waals surface area contributed by atoms with Gasteiger partial charge in [-0.3, -0.25) is 0 Å². The summed E-state index contributed by atoms with van der Waals surface area (Å²) < 4.78 is 37.9. The molecule has 1 aromatic rings. The Morgan fingerprint density at radius 1 is 1.21 bits per heavy atom. The Morgan fingerprint density at radius 3 is 2.42 bits per heavy atom. The Hall–Kier alpha value is -1.22. The second kappa shape index (κ2) is 5.83. The van der Waals surface area contributed by atoms with Crippen LogP contribution < -0.4 is 16.6 Å². The van der Waals surface area contributed by atoms with E-state index in [4.69, 9.17) is 5.84 Å². The maximum Gasteiger partial charge on any atom is 0.451 e. The highest BCUT2D eigenvalue weighted by Crippen LogP contribution is 2.29. The number of aromatic nitrogens is 2. The van der Waals surface area contributed by atoms with Gasteiger partial charge in [-0.05, 0) is 24.3 Å². The van der Waals surface area contributed by atoms with Crippen molar-refractivity contribution >= 4 is 23.4 Å². The third-order valence-electron chi connectivity index (χ3n) is 2.70. The van der Waals surface area contributed by atoms with Crippen molar-refractivity contribution in [1.82, 2.24) is 9.97 Å². The van der Waals surface area contributed by atoms with Gasteiger partial charge in [0.2, 0.25) is 5.82 Å². The molecule has 4 N–H and O–H groups in total. The lowest BCUT2D eigenvalue weighted by atomic mass is 10.1. The van der Waals surface area contributed by atoms with Crippen molar-refractivity contribution in [2.45, 2.75) is 25.1 Å². The van der Waals surface area contributed by atoms with Crippen molar-refractivity contribution in [2.24, 2.45) is 5.84 Å². The summed E-state index contributed by atoms with van der Waals surface area (Å²) in [7, 11) is 0. The number of hydrogen-bond acceptors (Lipinski definition) is 6. The summed E-state index contributed by atoms with van der Waals surface area (Å²) in [6.45, 7) is 0. The zero-order valence-corrected chi connectivity index (χ0v) is 10.8. The summed E-state index contributed by atoms with van der Waals surface area (Å²) in [5, 5.41) is 3.01. The predicted molar refractivity (Wildman–Crippen MR) is 68.8 cm³/mol. The fourth-order valence-corrected chi connectivity index (χ4v) is 2.88. The molecule has 1 aliphatic rings. The van der Waals surface area contributed by atoms with Gasteiger partial charge in [-0.1, -0.05) is 0 Å². The summed E-state index contributed by atoms with van der Waals surface area (Å²) in [5.74, 6) is 6.01. The molecule has 0 amide bonds. The molecule has 0 spiro atoms. The summed E-state index contributed by atoms with van der Waals surface area (Å²) in [6.07, 6.45) is -2.78. The van der Waals surface area contributed by atoms with Crippen LogP contribution in [-0.2, 0) is 6.18 Å². The number of halogens is 3. The molecule has 1 saturated heterocycles. The van der Waals surface area contributed by atoms with Crippen LogP contribution in [0.25, 0.3) is 0 Å². The lowest BCUT2D eigenvalue weighted by Gasteiger charge is -2.23. The molecular weight excluding hydrogens is 279 g/mol. The lowest BCUT2D eigenvalue weighted by molar-refractivity contribution is -0.144. The number of rotatable bonds is 3. The van der Waals surface area contributed by atoms with Gasteiger partial charge >= 0.3 is 6.18 Å². The van der Waals surface area contributed by atoms with Gasteiger partial charge in [0, 0.05) is 12.1 Å². The molecule has 19 heavy (non-hydrogen) atoms. The molecule has 1 aliphatic heterocycles. The van der Waals surface area contributed by atoms with Crippen molar-refractivity contribution < 1.29 is 13.2 Å². The smallest absolute Gasteiger partial charge is 0.367 e. The van der Waals surface area contributed by atoms with Gasteiger partial charge in [0.25, 0.3) is 0 Å². The van der Waals surface area contributed by atoms with Gasteiger partial charge in [0.1, 0.15) is 11.6 Å². The Kier molecular flexibility index (Phi) is 4.35. The first-order valence-corrected chi connectivity index (χ1v) is 6.91. The zero-order valence-electron chi connectivity index (χ0n) is 10.00. The summed E-state index contributed by atoms with van der Waals surface area (Å²) >= 11 is 1.84. The lowest BCUT2D eigenvalue weighted by Crippen LogP contribution is -2.26. The van der Waals surface area contributed by atoms with Gasteiger partial charge in [-0.2, -0.15) is 24.9 Å². The van der Waals surface area contributed by atoms with E-state index in [0.717, 1.165) is 24.3 Å². The van der Waals surface area contributed by atoms with Gasteiger partial charge in [0.05, 0.1) is 0 Å². The minimum atomic E-state index is -4.59. The zero-order chi connectivity index (χ0) is 13.9. The van der Waals surface area contributed by atoms with Crippen LogP contribution in [0.3, 0.4) is 0 Å². The number of thioether (sulfide) groups is 1. The first-order chi connectivity index (χ1) is 8.99. The van der Waals surface area contributed by atoms with Gasteiger partial charge in [-0.25, -0.2) is 15.8 Å². The average molecular weight is 293 g/mol. The first-order valence-electron chi connectivity index (χ1n) is 5.76. The van der Waals surface area contributed by atoms with Crippen molar-refractivity contribution in [1.29, 1.82) is 0 Å². The third-order valence-corrected chi connectivity index (χ3v) is 3.75. The number of alkyl halides is 3. The van der Waals surface area contributed by atoms with Crippen LogP contribution in [0.4, 0.5) is 24.8 Å². The van der Waals surface area contributed by atoms with Crippen molar-refractivity contribution in [3.05, 3.63) is 11.9 Å². The molecule has 1 aromatic heterocycles. The van der Waals surface area contributed by atoms with Crippen LogP contribution in [0.1, 0.15) is 18.7 Å². The molecule has 106 valence electrons. The number of hydrazine groups is 1. The van der Waals surface area contributed by atoms with Crippen LogP contribution in [0, 0.1) is 0 Å². The molecule has 0 aromatic carbocycles. The van der Waals surface area contributed by atoms with E-state index in [9.17, 15) is 13.2 Å². The first kappa shape index (κ1) is 14.2. The molecule has 0 aliphatic carbocycles. The highest BCUT2D eigenvalue weighted by atomic mass is 32.2. The summed E-state index contributed by atoms with van der Waals surface area (Å²) in [5.41, 5.74) is 2.12. The van der Waals surface area contributed by atoms with Crippen molar-refractivity contribution in [3.63, 3.8) is 0 Å². The number of nitrogens with two attached hydrogens (primary N) is 1. The minimum Gasteiger partial charge on any atom is -0.367 e. The van der Waals surface area contributed by atoms with Crippen LogP contribution in [-0.4, -0.2) is 27.5 Å². The highest BCUT2D eigenvalue weighted by molar-refractivity contribution is 7.99. The molecule has 2 heterocycles. The Morgan fingerprint density at radius 2 is 1.84 bits per heavy atom. The van der Waals surface area contributed by atoms with Gasteiger partial charge in [-0.15, -0.1) is 0 Å². The maximum atomic E-state index is 12.6. The van der Waals surface area contributed by atoms with E-state index in [-0.39, 0.29) is 17.7 Å². The van der Waals surface area contributed by atoms with Crippen LogP contribution in [0.15, 0.2) is 6.07 Å². The Labute approximate surface area is 112 Å². The predicted octanol–water partition coefficient (Wildman–Crippen LogP) is 2.09. The summed E-state index contributed by atoms with van der Waals surface area (Å²) in [6, 6.07) is 1.51. The number of hydrogen-bond donors (Lipinski definition) is 3. The van der Waals surface area contributed by atoms with Crippen molar-refractivity contribution in [2.75, 3.05) is 22.2 Å². The fourth-order valence-electron chi connectivity index (χ4n) is 1.77. The topological polar surface area (TPSA) is 75.9 Å². The van der Waals surface area contributed by atoms with Gasteiger partial charge < -0.3 is 10.7 Å². The van der Waals surface area contributed by atoms with E-state index in [1.54, 1.807) is 0 Å². The molecule has 0 saturated carbocycles. The second-order valence-corrected chi connectivity index (χ2v) is 5.36. The SMILES string of the molecule is NNc1cc(NC2CCSCC2)nc(C(F)(F)F)n1.